The van der Waals surface area contributed by atoms with Crippen LogP contribution in [0, 0.1) is 6.92 Å². The smallest absolute Gasteiger partial charge is 0.261 e. The molecule has 23 heavy (non-hydrogen) atoms. The second-order valence-electron chi connectivity index (χ2n) is 5.87. The van der Waals surface area contributed by atoms with Crippen molar-refractivity contribution in [1.82, 2.24) is 14.5 Å². The Balaban J connectivity index is 2.01. The van der Waals surface area contributed by atoms with Gasteiger partial charge in [0.05, 0.1) is 10.9 Å². The summed E-state index contributed by atoms with van der Waals surface area (Å²) in [7, 11) is 5.30. The summed E-state index contributed by atoms with van der Waals surface area (Å²) in [5, 5.41) is 1.39. The summed E-state index contributed by atoms with van der Waals surface area (Å²) in [5.74, 6) is 1.000. The molecule has 0 aliphatic rings. The van der Waals surface area contributed by atoms with E-state index >= 15 is 0 Å². The van der Waals surface area contributed by atoms with E-state index < -0.39 is 0 Å². The van der Waals surface area contributed by atoms with Crippen LogP contribution >= 0.6 is 11.8 Å². The van der Waals surface area contributed by atoms with Crippen LogP contribution in [0.5, 0.6) is 0 Å². The Hall–Kier alpha value is -1.82. The van der Waals surface area contributed by atoms with Crippen molar-refractivity contribution in [1.29, 1.82) is 0 Å². The van der Waals surface area contributed by atoms with Gasteiger partial charge in [-0.2, -0.15) is 0 Å². The maximum absolute atomic E-state index is 12.4. The number of nitrogens with zero attached hydrogens (tertiary/aromatic N) is 3. The second-order valence-corrected chi connectivity index (χ2v) is 6.93. The molecule has 5 nitrogen and oxygen atoms in total. The van der Waals surface area contributed by atoms with Gasteiger partial charge in [0.1, 0.15) is 0 Å². The molecule has 1 aromatic carbocycles. The SMILES string of the molecule is Cc1ccc2nc(SCCCCC(=O)N(C)C)n(C)c(=O)c2c1. The van der Waals surface area contributed by atoms with E-state index in [9.17, 15) is 9.59 Å². The lowest BCUT2D eigenvalue weighted by molar-refractivity contribution is -0.128. The number of benzene rings is 1. The third-order valence-corrected chi connectivity index (χ3v) is 4.82. The first-order valence-electron chi connectivity index (χ1n) is 7.70. The van der Waals surface area contributed by atoms with Gasteiger partial charge in [-0.3, -0.25) is 14.2 Å². The van der Waals surface area contributed by atoms with Gasteiger partial charge in [0, 0.05) is 33.3 Å². The Morgan fingerprint density at radius 1 is 1.30 bits per heavy atom. The van der Waals surface area contributed by atoms with Crippen LogP contribution in [0.4, 0.5) is 0 Å². The molecule has 0 radical (unpaired) electrons. The summed E-state index contributed by atoms with van der Waals surface area (Å²) >= 11 is 1.57. The van der Waals surface area contributed by atoms with Crippen LogP contribution in [0.1, 0.15) is 24.8 Å². The minimum atomic E-state index is -0.0102. The van der Waals surface area contributed by atoms with E-state index in [4.69, 9.17) is 0 Å². The van der Waals surface area contributed by atoms with Gasteiger partial charge < -0.3 is 4.90 Å². The molecule has 0 bridgehead atoms. The molecule has 6 heteroatoms. The molecule has 0 atom stereocenters. The fourth-order valence-electron chi connectivity index (χ4n) is 2.26. The quantitative estimate of drug-likeness (QED) is 0.463. The zero-order valence-electron chi connectivity index (χ0n) is 14.1. The van der Waals surface area contributed by atoms with Crippen LogP contribution in [-0.4, -0.2) is 40.2 Å². The molecule has 1 amide bonds. The summed E-state index contributed by atoms with van der Waals surface area (Å²) < 4.78 is 1.61. The van der Waals surface area contributed by atoms with Crippen LogP contribution in [-0.2, 0) is 11.8 Å². The third-order valence-electron chi connectivity index (χ3n) is 3.71. The number of carbonyl (C=O) groups excluding carboxylic acids is 1. The van der Waals surface area contributed by atoms with E-state index in [1.54, 1.807) is 42.4 Å². The van der Waals surface area contributed by atoms with Gasteiger partial charge in [0.25, 0.3) is 5.56 Å². The highest BCUT2D eigenvalue weighted by molar-refractivity contribution is 7.99. The van der Waals surface area contributed by atoms with E-state index in [1.807, 2.05) is 25.1 Å². The molecule has 0 unspecified atom stereocenters. The summed E-state index contributed by atoms with van der Waals surface area (Å²) in [6.45, 7) is 1.97. The fraction of sp³-hybridized carbons (Fsp3) is 0.471. The Bertz CT molecular complexity index is 768. The molecule has 1 heterocycles. The van der Waals surface area contributed by atoms with Gasteiger partial charge in [-0.15, -0.1) is 0 Å². The number of hydrogen-bond donors (Lipinski definition) is 0. The number of rotatable bonds is 6. The van der Waals surface area contributed by atoms with Crippen molar-refractivity contribution in [2.75, 3.05) is 19.8 Å². The van der Waals surface area contributed by atoms with Crippen LogP contribution in [0.25, 0.3) is 10.9 Å². The van der Waals surface area contributed by atoms with Gasteiger partial charge in [0.2, 0.25) is 5.91 Å². The topological polar surface area (TPSA) is 55.2 Å². The first kappa shape index (κ1) is 17.5. The molecule has 0 saturated heterocycles. The van der Waals surface area contributed by atoms with Gasteiger partial charge in [-0.05, 0) is 31.9 Å². The van der Waals surface area contributed by atoms with Crippen LogP contribution in [0.15, 0.2) is 28.2 Å². The second kappa shape index (κ2) is 7.64. The summed E-state index contributed by atoms with van der Waals surface area (Å²) in [6.07, 6.45) is 2.34. The Labute approximate surface area is 140 Å². The van der Waals surface area contributed by atoms with E-state index in [1.165, 1.54) is 0 Å². The molecule has 0 spiro atoms. The van der Waals surface area contributed by atoms with Gasteiger partial charge in [0.15, 0.2) is 5.16 Å². The highest BCUT2D eigenvalue weighted by Gasteiger charge is 2.09. The highest BCUT2D eigenvalue weighted by Crippen LogP contribution is 2.19. The number of carbonyl (C=O) groups is 1. The Morgan fingerprint density at radius 3 is 2.74 bits per heavy atom. The molecular weight excluding hydrogens is 310 g/mol. The maximum atomic E-state index is 12.4. The standard InChI is InChI=1S/C17H23N3O2S/c1-12-8-9-14-13(11-12)16(22)20(4)17(18-14)23-10-6-5-7-15(21)19(2)3/h8-9,11H,5-7,10H2,1-4H3. The molecule has 2 aromatic rings. The van der Waals surface area contributed by atoms with Crippen LogP contribution in [0.3, 0.4) is 0 Å². The minimum Gasteiger partial charge on any atom is -0.349 e. The number of aryl methyl sites for hydroxylation is 1. The monoisotopic (exact) mass is 333 g/mol. The molecular formula is C17H23N3O2S. The van der Waals surface area contributed by atoms with Crippen molar-refractivity contribution in [3.05, 3.63) is 34.1 Å². The first-order valence-corrected chi connectivity index (χ1v) is 8.69. The lowest BCUT2D eigenvalue weighted by Gasteiger charge is -2.10. The number of thioether (sulfide) groups is 1. The van der Waals surface area contributed by atoms with Crippen LogP contribution < -0.4 is 5.56 Å². The maximum Gasteiger partial charge on any atom is 0.261 e. The Kier molecular flexibility index (Phi) is 5.82. The van der Waals surface area contributed by atoms with Crippen LogP contribution in [0.2, 0.25) is 0 Å². The summed E-state index contributed by atoms with van der Waals surface area (Å²) in [4.78, 5) is 30.1. The molecule has 2 rings (SSSR count). The molecule has 0 N–H and O–H groups in total. The third kappa shape index (κ3) is 4.34. The van der Waals surface area contributed by atoms with Gasteiger partial charge in [-0.1, -0.05) is 23.4 Å². The lowest BCUT2D eigenvalue weighted by atomic mass is 10.2. The largest absolute Gasteiger partial charge is 0.349 e. The predicted molar refractivity (Wildman–Crippen MR) is 95.0 cm³/mol. The van der Waals surface area contributed by atoms with E-state index in [2.05, 4.69) is 4.98 Å². The normalized spacial score (nSPS) is 11.0. The zero-order valence-corrected chi connectivity index (χ0v) is 14.9. The average molecular weight is 333 g/mol. The van der Waals surface area contributed by atoms with E-state index in [0.717, 1.165) is 34.8 Å². The minimum absolute atomic E-state index is 0.0102. The number of unbranched alkanes of at least 4 members (excludes halogenated alkanes) is 1. The highest BCUT2D eigenvalue weighted by atomic mass is 32.2. The molecule has 0 aliphatic heterocycles. The van der Waals surface area contributed by atoms with Crippen molar-refractivity contribution in [2.24, 2.45) is 7.05 Å². The predicted octanol–water partition coefficient (Wildman–Crippen LogP) is 2.59. The lowest BCUT2D eigenvalue weighted by Crippen LogP contribution is -2.21. The molecule has 124 valence electrons. The molecule has 1 aromatic heterocycles. The first-order chi connectivity index (χ1) is 10.9. The number of aromatic nitrogens is 2. The molecule has 0 fully saturated rings. The number of amides is 1. The van der Waals surface area contributed by atoms with E-state index in [-0.39, 0.29) is 11.5 Å². The van der Waals surface area contributed by atoms with Crippen molar-refractivity contribution < 1.29 is 4.79 Å². The number of fused-ring (bicyclic) bond motifs is 1. The van der Waals surface area contributed by atoms with E-state index in [0.29, 0.717) is 11.8 Å². The van der Waals surface area contributed by atoms with Gasteiger partial charge in [-0.25, -0.2) is 4.98 Å². The van der Waals surface area contributed by atoms with Gasteiger partial charge >= 0.3 is 0 Å². The zero-order chi connectivity index (χ0) is 17.0. The summed E-state index contributed by atoms with van der Waals surface area (Å²) in [6, 6.07) is 5.74. The molecule has 0 saturated carbocycles. The average Bonchev–Trinajstić information content (AvgIpc) is 2.52. The van der Waals surface area contributed by atoms with Crippen molar-refractivity contribution >= 4 is 28.6 Å². The number of hydrogen-bond acceptors (Lipinski definition) is 4. The summed E-state index contributed by atoms with van der Waals surface area (Å²) in [5.41, 5.74) is 1.79. The Morgan fingerprint density at radius 2 is 2.04 bits per heavy atom. The molecule has 0 aliphatic carbocycles. The van der Waals surface area contributed by atoms with Crippen molar-refractivity contribution in [3.8, 4) is 0 Å². The van der Waals surface area contributed by atoms with Crippen molar-refractivity contribution in [3.63, 3.8) is 0 Å². The fourth-order valence-corrected chi connectivity index (χ4v) is 3.23. The van der Waals surface area contributed by atoms with Crippen molar-refractivity contribution in [2.45, 2.75) is 31.3 Å².